The van der Waals surface area contributed by atoms with Gasteiger partial charge in [-0.3, -0.25) is 28.9 Å². The molecule has 4 saturated carbocycles. The van der Waals surface area contributed by atoms with Gasteiger partial charge in [0.2, 0.25) is 5.78 Å². The number of esters is 3. The lowest BCUT2D eigenvalue weighted by Crippen LogP contribution is -2.65. The lowest BCUT2D eigenvalue weighted by atomic mass is 9.46. The normalized spacial score (nSPS) is 45.8. The topological polar surface area (TPSA) is 250 Å². The van der Waals surface area contributed by atoms with Crippen molar-refractivity contribution in [2.75, 3.05) is 32.8 Å². The fourth-order valence-corrected chi connectivity index (χ4v) is 13.9. The molecular weight excluding hydrogens is 872 g/mol. The van der Waals surface area contributed by atoms with Crippen LogP contribution in [0.3, 0.4) is 0 Å². The van der Waals surface area contributed by atoms with Gasteiger partial charge in [-0.1, -0.05) is 40.7 Å². The molecule has 3 unspecified atom stereocenters. The lowest BCUT2D eigenvalue weighted by Gasteiger charge is -2.60. The summed E-state index contributed by atoms with van der Waals surface area (Å²) in [7, 11) is 0. The number of carbonyl (C=O) groups excluding carboxylic acids is 5. The Labute approximate surface area is 394 Å². The van der Waals surface area contributed by atoms with E-state index in [-0.39, 0.29) is 62.7 Å². The third-order valence-corrected chi connectivity index (χ3v) is 17.6. The van der Waals surface area contributed by atoms with Crippen LogP contribution in [0, 0.1) is 52.3 Å². The summed E-state index contributed by atoms with van der Waals surface area (Å²) in [4.78, 5) is 67.9. The van der Waals surface area contributed by atoms with E-state index in [1.165, 1.54) is 32.9 Å². The van der Waals surface area contributed by atoms with E-state index in [1.54, 1.807) is 33.8 Å². The number of nitrogens with zero attached hydrogens (tertiary/aromatic N) is 1. The van der Waals surface area contributed by atoms with Crippen LogP contribution in [0.4, 0.5) is 4.39 Å². The first-order valence-electron chi connectivity index (χ1n) is 24.5. The molecule has 16 nitrogen and oxygen atoms in total. The van der Waals surface area contributed by atoms with Gasteiger partial charge in [0.1, 0.15) is 24.0 Å². The molecule has 0 aromatic heterocycles. The maximum absolute atomic E-state index is 16.1. The molecule has 5 aliphatic carbocycles. The molecule has 2 heterocycles. The Morgan fingerprint density at radius 1 is 0.970 bits per heavy atom. The van der Waals surface area contributed by atoms with Crippen molar-refractivity contribution in [3.8, 4) is 0 Å². The van der Waals surface area contributed by atoms with Crippen LogP contribution in [0.2, 0.25) is 0 Å². The summed E-state index contributed by atoms with van der Waals surface area (Å²) in [6.07, 6.45) is -1.80. The molecule has 17 atom stereocenters. The molecule has 0 aromatic carbocycles. The number of rotatable bonds is 12. The molecular formula is C50H77FN2O14. The maximum atomic E-state index is 16.1. The number of Topliss-reactive ketones (excluding diaryl/α,β-unsaturated/α-hetero) is 1. The van der Waals surface area contributed by atoms with Crippen molar-refractivity contribution in [3.05, 3.63) is 23.8 Å². The van der Waals surface area contributed by atoms with Crippen LogP contribution in [0.15, 0.2) is 23.8 Å². The van der Waals surface area contributed by atoms with E-state index >= 15 is 4.39 Å². The molecule has 6 fully saturated rings. The van der Waals surface area contributed by atoms with Gasteiger partial charge in [0.25, 0.3) is 0 Å². The average molecular weight is 949 g/mol. The molecule has 7 aliphatic rings. The zero-order valence-corrected chi connectivity index (χ0v) is 40.8. The number of hydrogen-bond donors (Lipinski definition) is 7. The van der Waals surface area contributed by atoms with Crippen LogP contribution < -0.4 is 5.32 Å². The Bertz CT molecular complexity index is 1940. The molecule has 2 saturated heterocycles. The van der Waals surface area contributed by atoms with E-state index in [0.29, 0.717) is 38.0 Å². The number of fused-ring (bicyclic) bond motifs is 16. The predicted molar refractivity (Wildman–Crippen MR) is 241 cm³/mol. The standard InChI is InChI=1S/C50H77FN2O14/c1-10-39-48(9,63)44(61)29(5)53(24-31-21-49(64,22-31)43(60)27(3)42(59)28(4)45(62)66-39)17-11-15-52-16-13-40(58)67-50(38(57)25-65-30(6)54)26(2)18-34-33-20-36(51)35-19-32(55)12-14-46(35,7)41(33)37(56)23-47(34,50)8/h12,14,19,26-29,31,33-34,36-37,39,41-44,52,56,59-61,63-64H,10-11,13,15-18,20-25H2,1-9H3/t26-,27+,28-,29-,31?,33?,34?,36+,37+,39-,41?,42+,43-,44-,46+,47+,48-,49?,50+/m1/s1. The van der Waals surface area contributed by atoms with E-state index in [1.807, 2.05) is 18.7 Å². The minimum atomic E-state index is -1.89. The first kappa shape index (κ1) is 53.2. The third kappa shape index (κ3) is 9.58. The van der Waals surface area contributed by atoms with Crippen molar-refractivity contribution >= 4 is 29.5 Å². The summed E-state index contributed by atoms with van der Waals surface area (Å²) < 4.78 is 33.4. The summed E-state index contributed by atoms with van der Waals surface area (Å²) in [5.41, 5.74) is -6.93. The molecule has 67 heavy (non-hydrogen) atoms. The van der Waals surface area contributed by atoms with Crippen molar-refractivity contribution in [3.63, 3.8) is 0 Å². The largest absolute Gasteiger partial charge is 0.459 e. The number of alkyl halides is 1. The van der Waals surface area contributed by atoms with Crippen LogP contribution in [0.5, 0.6) is 0 Å². The van der Waals surface area contributed by atoms with E-state index in [9.17, 15) is 54.6 Å². The molecule has 7 rings (SSSR count). The minimum absolute atomic E-state index is 0.0299. The zero-order chi connectivity index (χ0) is 49.8. The highest BCUT2D eigenvalue weighted by atomic mass is 19.1. The number of aliphatic hydroxyl groups is 6. The third-order valence-electron chi connectivity index (χ3n) is 17.6. The number of nitrogens with one attached hydrogen (secondary N) is 1. The molecule has 7 N–H and O–H groups in total. The van der Waals surface area contributed by atoms with E-state index in [0.717, 1.165) is 0 Å². The molecule has 0 amide bonds. The highest BCUT2D eigenvalue weighted by Gasteiger charge is 2.73. The maximum Gasteiger partial charge on any atom is 0.311 e. The number of carbonyl (C=O) groups is 5. The van der Waals surface area contributed by atoms with Crippen molar-refractivity contribution in [2.45, 2.75) is 173 Å². The van der Waals surface area contributed by atoms with Gasteiger partial charge in [0.05, 0.1) is 36.3 Å². The number of allylic oxidation sites excluding steroid dienone is 4. The summed E-state index contributed by atoms with van der Waals surface area (Å²) in [5.74, 6) is -6.96. The van der Waals surface area contributed by atoms with E-state index in [4.69, 9.17) is 14.2 Å². The Hall–Kier alpha value is -3.16. The Balaban J connectivity index is 1.13. The Morgan fingerprint density at radius 3 is 2.28 bits per heavy atom. The highest BCUT2D eigenvalue weighted by Crippen LogP contribution is 2.69. The first-order valence-corrected chi connectivity index (χ1v) is 24.5. The second-order valence-electron chi connectivity index (χ2n) is 21.9. The lowest BCUT2D eigenvalue weighted by molar-refractivity contribution is -0.207. The van der Waals surface area contributed by atoms with Gasteiger partial charge in [-0.2, -0.15) is 0 Å². The van der Waals surface area contributed by atoms with E-state index in [2.05, 4.69) is 5.32 Å². The minimum Gasteiger partial charge on any atom is -0.459 e. The van der Waals surface area contributed by atoms with Gasteiger partial charge >= 0.3 is 17.9 Å². The fourth-order valence-electron chi connectivity index (χ4n) is 13.9. The van der Waals surface area contributed by atoms with Crippen LogP contribution >= 0.6 is 0 Å². The number of ether oxygens (including phenoxy) is 3. The zero-order valence-electron chi connectivity index (χ0n) is 40.8. The van der Waals surface area contributed by atoms with Crippen LogP contribution in [0.1, 0.15) is 114 Å². The SMILES string of the molecule is CC[C@H]1OC(=O)[C@H](C)[C@@H](O)[C@H](C)[C@@H](O)C2(O)CC(CN(CCCNCCC(=O)O[C@]3(C(=O)COC(C)=O)[C@H](C)CC4C5C[C@H](F)C6=CC(=O)C=C[C@]6(C)C5[C@@H](O)C[C@@]43C)[C@H](C)[C@@H](O)[C@]1(C)O)C2. The van der Waals surface area contributed by atoms with Gasteiger partial charge in [0, 0.05) is 54.6 Å². The molecule has 2 aliphatic heterocycles. The summed E-state index contributed by atoms with van der Waals surface area (Å²) >= 11 is 0. The number of halogens is 1. The van der Waals surface area contributed by atoms with Crippen molar-refractivity contribution in [2.24, 2.45) is 52.3 Å². The second kappa shape index (κ2) is 19.9. The first-order chi connectivity index (χ1) is 31.2. The summed E-state index contributed by atoms with van der Waals surface area (Å²) in [6.45, 7) is 15.3. The quantitative estimate of drug-likeness (QED) is 0.0844. The second-order valence-corrected chi connectivity index (χ2v) is 21.9. The van der Waals surface area contributed by atoms with Gasteiger partial charge in [-0.25, -0.2) is 4.39 Å². The fraction of sp³-hybridized carbons (Fsp3) is 0.820. The molecule has 17 heteroatoms. The molecule has 2 bridgehead atoms. The molecule has 378 valence electrons. The average Bonchev–Trinajstić information content (AvgIpc) is 3.47. The van der Waals surface area contributed by atoms with Crippen LogP contribution in [0.25, 0.3) is 0 Å². The molecule has 0 radical (unpaired) electrons. The number of aliphatic hydroxyl groups excluding tert-OH is 4. The number of ketones is 2. The molecule has 0 aromatic rings. The van der Waals surface area contributed by atoms with Gasteiger partial charge < -0.3 is 50.2 Å². The van der Waals surface area contributed by atoms with E-state index < -0.39 is 130 Å². The Kier molecular flexibility index (Phi) is 15.8. The van der Waals surface area contributed by atoms with Crippen LogP contribution in [-0.4, -0.2) is 157 Å². The monoisotopic (exact) mass is 949 g/mol. The smallest absolute Gasteiger partial charge is 0.311 e. The van der Waals surface area contributed by atoms with Crippen molar-refractivity contribution in [1.29, 1.82) is 0 Å². The Morgan fingerprint density at radius 2 is 1.64 bits per heavy atom. The number of hydrogen-bond acceptors (Lipinski definition) is 16. The van der Waals surface area contributed by atoms with Gasteiger partial charge in [0.15, 0.2) is 18.0 Å². The van der Waals surface area contributed by atoms with Crippen LogP contribution in [-0.2, 0) is 38.2 Å². The van der Waals surface area contributed by atoms with Gasteiger partial charge in [-0.15, -0.1) is 0 Å². The predicted octanol–water partition coefficient (Wildman–Crippen LogP) is 2.52. The highest BCUT2D eigenvalue weighted by molar-refractivity contribution is 6.01. The molecule has 0 spiro atoms. The van der Waals surface area contributed by atoms with Crippen molar-refractivity contribution in [1.82, 2.24) is 10.2 Å². The van der Waals surface area contributed by atoms with Crippen molar-refractivity contribution < 1.29 is 73.2 Å². The summed E-state index contributed by atoms with van der Waals surface area (Å²) in [6, 6.07) is -0.662. The summed E-state index contributed by atoms with van der Waals surface area (Å²) in [5, 5.41) is 72.3. The van der Waals surface area contributed by atoms with Gasteiger partial charge in [-0.05, 0) is 114 Å².